The molecule has 2 heterocycles. The first-order valence-electron chi connectivity index (χ1n) is 14.3. The predicted octanol–water partition coefficient (Wildman–Crippen LogP) is 6.30. The van der Waals surface area contributed by atoms with Gasteiger partial charge in [0, 0.05) is 11.6 Å². The lowest BCUT2D eigenvalue weighted by atomic mass is 9.94. The van der Waals surface area contributed by atoms with E-state index >= 15 is 0 Å². The molecule has 1 aliphatic carbocycles. The van der Waals surface area contributed by atoms with Crippen LogP contribution in [0.25, 0.3) is 11.1 Å². The second-order valence-corrected chi connectivity index (χ2v) is 12.0. The summed E-state index contributed by atoms with van der Waals surface area (Å²) in [5.74, 6) is 0.658. The van der Waals surface area contributed by atoms with Crippen LogP contribution >= 0.6 is 11.6 Å². The van der Waals surface area contributed by atoms with Crippen molar-refractivity contribution in [3.8, 4) is 11.1 Å². The molecule has 1 saturated carbocycles. The van der Waals surface area contributed by atoms with E-state index < -0.39 is 12.0 Å². The zero-order valence-electron chi connectivity index (χ0n) is 23.4. The monoisotopic (exact) mass is 567 g/mol. The van der Waals surface area contributed by atoms with Gasteiger partial charge in [-0.15, -0.1) is 0 Å². The van der Waals surface area contributed by atoms with Gasteiger partial charge in [0.2, 0.25) is 0 Å². The maximum absolute atomic E-state index is 13.5. The van der Waals surface area contributed by atoms with Gasteiger partial charge in [-0.1, -0.05) is 80.0 Å². The maximum Gasteiger partial charge on any atom is 0.256 e. The average Bonchev–Trinajstić information content (AvgIpc) is 3.81. The Balaban J connectivity index is 1.24. The van der Waals surface area contributed by atoms with Gasteiger partial charge in [0.05, 0.1) is 23.2 Å². The zero-order valence-corrected chi connectivity index (χ0v) is 24.1. The number of carbonyl (C=O) groups excluding carboxylic acids is 1. The second-order valence-electron chi connectivity index (χ2n) is 11.6. The largest absolute Gasteiger partial charge is 0.378 e. The van der Waals surface area contributed by atoms with E-state index in [2.05, 4.69) is 31.0 Å². The number of aliphatic hydroxyl groups is 1. The lowest BCUT2D eigenvalue weighted by Gasteiger charge is -2.24. The van der Waals surface area contributed by atoms with E-state index in [0.29, 0.717) is 47.3 Å². The summed E-state index contributed by atoms with van der Waals surface area (Å²) in [6.07, 6.45) is 1.72. The Labute approximate surface area is 245 Å². The van der Waals surface area contributed by atoms with Gasteiger partial charge in [-0.2, -0.15) is 0 Å². The topological polar surface area (TPSA) is 86.3 Å². The number of nitrogens with one attached hydrogen (secondary N) is 1. The summed E-state index contributed by atoms with van der Waals surface area (Å²) in [6.45, 7) is 4.87. The van der Waals surface area contributed by atoms with Crippen LogP contribution < -0.4 is 5.56 Å². The van der Waals surface area contributed by atoms with Crippen LogP contribution in [0.4, 0.5) is 0 Å². The summed E-state index contributed by atoms with van der Waals surface area (Å²) in [4.78, 5) is 36.5. The third-order valence-corrected chi connectivity index (χ3v) is 8.74. The normalized spacial score (nSPS) is 16.7. The minimum absolute atomic E-state index is 0.119. The standard InChI is InChI=1S/C34H34ClN3O3/c1-21(2)22-7-3-8-23(17-22)24-9-4-10-25(18-24)30(39)32(41)38-16-6-13-29-28(20-38)31(40)37-33(36-29)34(14-15-34)26-11-5-12-27(35)19-26/h3-5,7-12,17-19,21,30,39H,6,13-16,20H2,1-2H3,(H,36,37,40)/t30-/m1/s1. The van der Waals surface area contributed by atoms with Gasteiger partial charge in [-0.05, 0) is 77.6 Å². The van der Waals surface area contributed by atoms with Crippen molar-refractivity contribution in [1.82, 2.24) is 14.9 Å². The van der Waals surface area contributed by atoms with Crippen LogP contribution in [-0.2, 0) is 23.2 Å². The summed E-state index contributed by atoms with van der Waals surface area (Å²) in [5, 5.41) is 11.8. The van der Waals surface area contributed by atoms with Crippen molar-refractivity contribution in [2.24, 2.45) is 0 Å². The number of carbonyl (C=O) groups is 1. The maximum atomic E-state index is 13.5. The first-order valence-corrected chi connectivity index (χ1v) is 14.7. The third kappa shape index (κ3) is 5.34. The minimum atomic E-state index is -1.33. The van der Waals surface area contributed by atoms with Crippen molar-refractivity contribution in [3.63, 3.8) is 0 Å². The van der Waals surface area contributed by atoms with Crippen molar-refractivity contribution in [2.45, 2.75) is 63.5 Å². The molecule has 0 bridgehead atoms. The zero-order chi connectivity index (χ0) is 28.7. The van der Waals surface area contributed by atoms with Gasteiger partial charge in [0.25, 0.3) is 11.5 Å². The quantitative estimate of drug-likeness (QED) is 0.286. The number of aromatic nitrogens is 2. The van der Waals surface area contributed by atoms with E-state index in [9.17, 15) is 14.7 Å². The van der Waals surface area contributed by atoms with E-state index in [0.717, 1.165) is 35.2 Å². The molecule has 1 aliphatic heterocycles. The smallest absolute Gasteiger partial charge is 0.256 e. The number of amides is 1. The highest BCUT2D eigenvalue weighted by molar-refractivity contribution is 6.30. The van der Waals surface area contributed by atoms with Crippen LogP contribution in [0.2, 0.25) is 5.02 Å². The van der Waals surface area contributed by atoms with Crippen molar-refractivity contribution in [3.05, 3.63) is 122 Å². The van der Waals surface area contributed by atoms with Crippen LogP contribution in [0.1, 0.15) is 78.9 Å². The van der Waals surface area contributed by atoms with Gasteiger partial charge in [0.15, 0.2) is 6.10 Å². The molecule has 210 valence electrons. The number of aromatic amines is 1. The number of hydrogen-bond donors (Lipinski definition) is 2. The lowest BCUT2D eigenvalue weighted by Crippen LogP contribution is -2.36. The Bertz CT molecular complexity index is 1670. The first kappa shape index (κ1) is 27.4. The molecule has 0 saturated heterocycles. The van der Waals surface area contributed by atoms with Crippen LogP contribution in [0, 0.1) is 0 Å². The molecule has 6 rings (SSSR count). The Hall–Kier alpha value is -3.74. The van der Waals surface area contributed by atoms with E-state index in [1.165, 1.54) is 5.56 Å². The van der Waals surface area contributed by atoms with Crippen LogP contribution in [0.5, 0.6) is 0 Å². The number of H-pyrrole nitrogens is 1. The molecule has 41 heavy (non-hydrogen) atoms. The molecule has 1 aromatic heterocycles. The Kier molecular flexibility index (Phi) is 7.30. The van der Waals surface area contributed by atoms with E-state index in [4.69, 9.17) is 16.6 Å². The van der Waals surface area contributed by atoms with E-state index in [-0.39, 0.29) is 17.5 Å². The predicted molar refractivity (Wildman–Crippen MR) is 161 cm³/mol. The number of halogens is 1. The number of nitrogens with zero attached hydrogens (tertiary/aromatic N) is 2. The molecule has 0 unspecified atom stereocenters. The number of hydrogen-bond acceptors (Lipinski definition) is 4. The molecule has 1 atom stereocenters. The molecule has 3 aromatic carbocycles. The molecule has 2 aliphatic rings. The van der Waals surface area contributed by atoms with E-state index in [1.54, 1.807) is 11.0 Å². The fourth-order valence-corrected chi connectivity index (χ4v) is 6.08. The van der Waals surface area contributed by atoms with Gasteiger partial charge in [-0.25, -0.2) is 4.98 Å². The summed E-state index contributed by atoms with van der Waals surface area (Å²) in [5.41, 5.74) is 5.49. The highest BCUT2D eigenvalue weighted by Gasteiger charge is 2.48. The van der Waals surface area contributed by atoms with Gasteiger partial charge >= 0.3 is 0 Å². The SMILES string of the molecule is CC(C)c1cccc(-c2cccc([C@@H](O)C(=O)N3CCCc4nc(C5(c6cccc(Cl)c6)CC5)[nH]c(=O)c4C3)c2)c1. The summed E-state index contributed by atoms with van der Waals surface area (Å²) in [7, 11) is 0. The molecule has 0 radical (unpaired) electrons. The molecule has 4 aromatic rings. The minimum Gasteiger partial charge on any atom is -0.378 e. The molecule has 2 N–H and O–H groups in total. The molecule has 1 fully saturated rings. The Morgan fingerprint density at radius 1 is 1.00 bits per heavy atom. The molecule has 0 spiro atoms. The second kappa shape index (κ2) is 10.9. The first-order chi connectivity index (χ1) is 19.7. The van der Waals surface area contributed by atoms with E-state index in [1.807, 2.05) is 54.6 Å². The molecule has 7 heteroatoms. The number of rotatable bonds is 6. The Morgan fingerprint density at radius 2 is 1.68 bits per heavy atom. The lowest BCUT2D eigenvalue weighted by molar-refractivity contribution is -0.141. The molecule has 1 amide bonds. The van der Waals surface area contributed by atoms with Crippen LogP contribution in [0.15, 0.2) is 77.6 Å². The van der Waals surface area contributed by atoms with Crippen molar-refractivity contribution in [1.29, 1.82) is 0 Å². The third-order valence-electron chi connectivity index (χ3n) is 8.51. The molecule has 6 nitrogen and oxygen atoms in total. The van der Waals surface area contributed by atoms with Crippen molar-refractivity contribution < 1.29 is 9.90 Å². The number of aliphatic hydroxyl groups excluding tert-OH is 1. The molecular formula is C34H34ClN3O3. The molecular weight excluding hydrogens is 534 g/mol. The number of fused-ring (bicyclic) bond motifs is 1. The summed E-state index contributed by atoms with van der Waals surface area (Å²) < 4.78 is 0. The highest BCUT2D eigenvalue weighted by Crippen LogP contribution is 2.52. The average molecular weight is 568 g/mol. The van der Waals surface area contributed by atoms with Crippen molar-refractivity contribution >= 4 is 17.5 Å². The van der Waals surface area contributed by atoms with Gasteiger partial charge < -0.3 is 15.0 Å². The fraction of sp³-hybridized carbons (Fsp3) is 0.324. The highest BCUT2D eigenvalue weighted by atomic mass is 35.5. The Morgan fingerprint density at radius 3 is 2.37 bits per heavy atom. The van der Waals surface area contributed by atoms with Crippen LogP contribution in [-0.4, -0.2) is 32.4 Å². The fourth-order valence-electron chi connectivity index (χ4n) is 5.89. The summed E-state index contributed by atoms with van der Waals surface area (Å²) in [6, 6.07) is 23.6. The number of benzene rings is 3. The van der Waals surface area contributed by atoms with Gasteiger partial charge in [0.1, 0.15) is 5.82 Å². The van der Waals surface area contributed by atoms with Crippen molar-refractivity contribution in [2.75, 3.05) is 6.54 Å². The van der Waals surface area contributed by atoms with Gasteiger partial charge in [-0.3, -0.25) is 9.59 Å². The van der Waals surface area contributed by atoms with Crippen LogP contribution in [0.3, 0.4) is 0 Å². The number of aryl methyl sites for hydroxylation is 1. The summed E-state index contributed by atoms with van der Waals surface area (Å²) >= 11 is 6.26.